The lowest BCUT2D eigenvalue weighted by molar-refractivity contribution is -0.123. The third-order valence-corrected chi connectivity index (χ3v) is 4.87. The van der Waals surface area contributed by atoms with E-state index in [0.29, 0.717) is 19.6 Å². The molecule has 2 heterocycles. The van der Waals surface area contributed by atoms with Gasteiger partial charge in [-0.3, -0.25) is 14.5 Å². The fourth-order valence-corrected chi connectivity index (χ4v) is 3.18. The molecule has 0 spiro atoms. The molecule has 2 N–H and O–H groups in total. The molecule has 1 atom stereocenters. The number of carbonyl (C=O) groups excluding carboxylic acids is 2. The summed E-state index contributed by atoms with van der Waals surface area (Å²) in [6.45, 7) is 7.22. The maximum absolute atomic E-state index is 12.8. The standard InChI is InChI=1S/C19H26N4O2/c1-3-14(2)21-18(24)13-22-9-11-23(12-10-22)19(25)16-5-4-6-17-15(16)7-8-20-17/h4-8,14,20H,3,9-13H2,1-2H3,(H,21,24)/t14-/m0/s1. The molecule has 0 bridgehead atoms. The molecule has 6 heteroatoms. The van der Waals surface area contributed by atoms with Crippen molar-refractivity contribution in [1.29, 1.82) is 0 Å². The van der Waals surface area contributed by atoms with Crippen molar-refractivity contribution in [1.82, 2.24) is 20.1 Å². The fourth-order valence-electron chi connectivity index (χ4n) is 3.18. The Morgan fingerprint density at radius 2 is 1.96 bits per heavy atom. The Kier molecular flexibility index (Phi) is 5.38. The second kappa shape index (κ2) is 7.70. The van der Waals surface area contributed by atoms with Gasteiger partial charge in [-0.1, -0.05) is 13.0 Å². The zero-order valence-corrected chi connectivity index (χ0v) is 14.9. The minimum absolute atomic E-state index is 0.0613. The summed E-state index contributed by atoms with van der Waals surface area (Å²) in [5.74, 6) is 0.125. The van der Waals surface area contributed by atoms with Crippen LogP contribution in [-0.4, -0.2) is 65.4 Å². The molecular formula is C19H26N4O2. The first-order chi connectivity index (χ1) is 12.1. The largest absolute Gasteiger partial charge is 0.361 e. The molecule has 0 saturated carbocycles. The molecule has 2 amide bonds. The summed E-state index contributed by atoms with van der Waals surface area (Å²) in [6, 6.07) is 7.90. The van der Waals surface area contributed by atoms with Crippen molar-refractivity contribution >= 4 is 22.7 Å². The second-order valence-electron chi connectivity index (χ2n) is 6.69. The molecule has 2 aromatic rings. The number of hydrogen-bond donors (Lipinski definition) is 2. The quantitative estimate of drug-likeness (QED) is 0.871. The van der Waals surface area contributed by atoms with Crippen LogP contribution in [0.25, 0.3) is 10.9 Å². The molecule has 0 radical (unpaired) electrons. The molecule has 1 fully saturated rings. The predicted molar refractivity (Wildman–Crippen MR) is 98.5 cm³/mol. The molecule has 0 unspecified atom stereocenters. The molecule has 6 nitrogen and oxygen atoms in total. The number of hydrogen-bond acceptors (Lipinski definition) is 3. The monoisotopic (exact) mass is 342 g/mol. The maximum Gasteiger partial charge on any atom is 0.254 e. The van der Waals surface area contributed by atoms with Crippen molar-refractivity contribution in [3.8, 4) is 0 Å². The number of rotatable bonds is 5. The van der Waals surface area contributed by atoms with Gasteiger partial charge in [0, 0.05) is 54.9 Å². The van der Waals surface area contributed by atoms with Crippen molar-refractivity contribution in [3.05, 3.63) is 36.0 Å². The van der Waals surface area contributed by atoms with E-state index in [2.05, 4.69) is 22.1 Å². The van der Waals surface area contributed by atoms with Gasteiger partial charge in [-0.05, 0) is 31.5 Å². The Morgan fingerprint density at radius 3 is 2.68 bits per heavy atom. The lowest BCUT2D eigenvalue weighted by atomic mass is 10.1. The average molecular weight is 342 g/mol. The first-order valence-electron chi connectivity index (χ1n) is 8.95. The summed E-state index contributed by atoms with van der Waals surface area (Å²) >= 11 is 0. The molecule has 1 saturated heterocycles. The molecule has 1 aromatic carbocycles. The van der Waals surface area contributed by atoms with Crippen LogP contribution >= 0.6 is 0 Å². The predicted octanol–water partition coefficient (Wildman–Crippen LogP) is 1.84. The number of carbonyl (C=O) groups is 2. The van der Waals surface area contributed by atoms with E-state index in [4.69, 9.17) is 0 Å². The van der Waals surface area contributed by atoms with Gasteiger partial charge in [-0.2, -0.15) is 0 Å². The molecule has 0 aliphatic carbocycles. The number of benzene rings is 1. The first-order valence-corrected chi connectivity index (χ1v) is 8.95. The molecule has 25 heavy (non-hydrogen) atoms. The van der Waals surface area contributed by atoms with Crippen LogP contribution in [0.1, 0.15) is 30.6 Å². The van der Waals surface area contributed by atoms with Crippen molar-refractivity contribution in [2.45, 2.75) is 26.3 Å². The molecule has 3 rings (SSSR count). The number of amides is 2. The number of nitrogens with zero attached hydrogens (tertiary/aromatic N) is 2. The second-order valence-corrected chi connectivity index (χ2v) is 6.69. The van der Waals surface area contributed by atoms with Crippen LogP contribution in [0.2, 0.25) is 0 Å². The van der Waals surface area contributed by atoms with Crippen LogP contribution in [-0.2, 0) is 4.79 Å². The maximum atomic E-state index is 12.8. The van der Waals surface area contributed by atoms with Crippen molar-refractivity contribution in [2.75, 3.05) is 32.7 Å². The van der Waals surface area contributed by atoms with E-state index in [1.807, 2.05) is 42.3 Å². The van der Waals surface area contributed by atoms with Crippen LogP contribution in [0.3, 0.4) is 0 Å². The summed E-state index contributed by atoms with van der Waals surface area (Å²) < 4.78 is 0. The third kappa shape index (κ3) is 4.02. The third-order valence-electron chi connectivity index (χ3n) is 4.87. The van der Waals surface area contributed by atoms with Crippen molar-refractivity contribution < 1.29 is 9.59 Å². The number of aromatic amines is 1. The smallest absolute Gasteiger partial charge is 0.254 e. The van der Waals surface area contributed by atoms with E-state index in [1.54, 1.807) is 0 Å². The molecule has 1 aliphatic heterocycles. The SMILES string of the molecule is CC[C@H](C)NC(=O)CN1CCN(C(=O)c2cccc3[nH]ccc23)CC1. The lowest BCUT2D eigenvalue weighted by Crippen LogP contribution is -2.51. The number of nitrogens with one attached hydrogen (secondary N) is 2. The topological polar surface area (TPSA) is 68.4 Å². The van der Waals surface area contributed by atoms with Crippen LogP contribution in [0.15, 0.2) is 30.5 Å². The van der Waals surface area contributed by atoms with Gasteiger partial charge in [0.1, 0.15) is 0 Å². The average Bonchev–Trinajstić information content (AvgIpc) is 3.10. The summed E-state index contributed by atoms with van der Waals surface area (Å²) in [5, 5.41) is 3.95. The number of piperazine rings is 1. The highest BCUT2D eigenvalue weighted by Gasteiger charge is 2.24. The first kappa shape index (κ1) is 17.5. The Bertz CT molecular complexity index is 747. The minimum Gasteiger partial charge on any atom is -0.361 e. The fraction of sp³-hybridized carbons (Fsp3) is 0.474. The van der Waals surface area contributed by atoms with Gasteiger partial charge in [-0.25, -0.2) is 0 Å². The normalized spacial score (nSPS) is 16.8. The van der Waals surface area contributed by atoms with E-state index >= 15 is 0 Å². The zero-order valence-electron chi connectivity index (χ0n) is 14.9. The summed E-state index contributed by atoms with van der Waals surface area (Å²) in [4.78, 5) is 32.0. The Morgan fingerprint density at radius 1 is 1.20 bits per heavy atom. The summed E-state index contributed by atoms with van der Waals surface area (Å²) in [6.07, 6.45) is 2.79. The lowest BCUT2D eigenvalue weighted by Gasteiger charge is -2.34. The van der Waals surface area contributed by atoms with Crippen LogP contribution in [0.4, 0.5) is 0 Å². The van der Waals surface area contributed by atoms with Gasteiger partial charge in [0.05, 0.1) is 6.54 Å². The zero-order chi connectivity index (χ0) is 17.8. The van der Waals surface area contributed by atoms with E-state index in [0.717, 1.165) is 36.0 Å². The molecular weight excluding hydrogens is 316 g/mol. The number of fused-ring (bicyclic) bond motifs is 1. The number of aromatic nitrogens is 1. The number of H-pyrrole nitrogens is 1. The molecule has 134 valence electrons. The van der Waals surface area contributed by atoms with Gasteiger partial charge in [-0.15, -0.1) is 0 Å². The van der Waals surface area contributed by atoms with Crippen molar-refractivity contribution in [2.24, 2.45) is 0 Å². The van der Waals surface area contributed by atoms with E-state index in [-0.39, 0.29) is 17.9 Å². The van der Waals surface area contributed by atoms with E-state index in [9.17, 15) is 9.59 Å². The van der Waals surface area contributed by atoms with Gasteiger partial charge >= 0.3 is 0 Å². The minimum atomic E-state index is 0.0613. The summed E-state index contributed by atoms with van der Waals surface area (Å²) in [7, 11) is 0. The van der Waals surface area contributed by atoms with Crippen molar-refractivity contribution in [3.63, 3.8) is 0 Å². The molecule has 1 aliphatic rings. The highest BCUT2D eigenvalue weighted by atomic mass is 16.2. The Labute approximate surface area is 148 Å². The molecule has 1 aromatic heterocycles. The van der Waals surface area contributed by atoms with Gasteiger partial charge in [0.15, 0.2) is 0 Å². The van der Waals surface area contributed by atoms with E-state index < -0.39 is 0 Å². The Balaban J connectivity index is 1.56. The highest BCUT2D eigenvalue weighted by molar-refractivity contribution is 6.06. The van der Waals surface area contributed by atoms with Crippen LogP contribution in [0.5, 0.6) is 0 Å². The van der Waals surface area contributed by atoms with Gasteiger partial charge < -0.3 is 15.2 Å². The van der Waals surface area contributed by atoms with Crippen LogP contribution < -0.4 is 5.32 Å². The van der Waals surface area contributed by atoms with E-state index in [1.165, 1.54) is 0 Å². The highest BCUT2D eigenvalue weighted by Crippen LogP contribution is 2.19. The van der Waals surface area contributed by atoms with Crippen LogP contribution in [0, 0.1) is 0 Å². The Hall–Kier alpha value is -2.34. The van der Waals surface area contributed by atoms with Gasteiger partial charge in [0.25, 0.3) is 5.91 Å². The summed E-state index contributed by atoms with van der Waals surface area (Å²) in [5.41, 5.74) is 1.72. The van der Waals surface area contributed by atoms with Gasteiger partial charge in [0.2, 0.25) is 5.91 Å².